The number of unbranched alkanes of at least 4 members (excludes halogenated alkanes) is 1. The molecule has 0 saturated heterocycles. The largest absolute Gasteiger partial charge is 0.326 e. The molecule has 106 valence electrons. The third kappa shape index (κ3) is 4.67. The maximum atomic E-state index is 12.3. The van der Waals surface area contributed by atoms with Crippen molar-refractivity contribution in [1.82, 2.24) is 0 Å². The third-order valence-electron chi connectivity index (χ3n) is 3.57. The maximum absolute atomic E-state index is 12.3. The fourth-order valence-electron chi connectivity index (χ4n) is 2.14. The highest BCUT2D eigenvalue weighted by atomic mass is 16.1. The van der Waals surface area contributed by atoms with Gasteiger partial charge < -0.3 is 11.1 Å². The van der Waals surface area contributed by atoms with Crippen molar-refractivity contribution in [2.75, 3.05) is 5.32 Å². The van der Waals surface area contributed by atoms with Crippen LogP contribution in [0.25, 0.3) is 0 Å². The number of hydrogen-bond acceptors (Lipinski definition) is 2. The normalized spacial score (nSPS) is 12.2. The van der Waals surface area contributed by atoms with Gasteiger partial charge in [0.05, 0.1) is 0 Å². The molecule has 0 radical (unpaired) electrons. The van der Waals surface area contributed by atoms with Gasteiger partial charge in [-0.2, -0.15) is 0 Å². The molecule has 1 rings (SSSR count). The fraction of sp³-hybridized carbons (Fsp3) is 0.562. The first-order valence-corrected chi connectivity index (χ1v) is 7.22. The van der Waals surface area contributed by atoms with Crippen LogP contribution in [0.5, 0.6) is 0 Å². The lowest BCUT2D eigenvalue weighted by Gasteiger charge is -2.16. The Kier molecular flexibility index (Phi) is 6.57. The SMILES string of the molecule is CCCCC(CC)C(=O)Nc1cc(CN)ccc1C. The summed E-state index contributed by atoms with van der Waals surface area (Å²) in [6, 6.07) is 5.98. The Morgan fingerprint density at radius 3 is 2.68 bits per heavy atom. The highest BCUT2D eigenvalue weighted by Crippen LogP contribution is 2.20. The van der Waals surface area contributed by atoms with E-state index in [1.807, 2.05) is 25.1 Å². The summed E-state index contributed by atoms with van der Waals surface area (Å²) in [6.45, 7) is 6.72. The molecule has 0 saturated carbocycles. The van der Waals surface area contributed by atoms with Crippen LogP contribution in [0.1, 0.15) is 50.7 Å². The summed E-state index contributed by atoms with van der Waals surface area (Å²) < 4.78 is 0. The lowest BCUT2D eigenvalue weighted by atomic mass is 9.98. The monoisotopic (exact) mass is 262 g/mol. The zero-order chi connectivity index (χ0) is 14.3. The Balaban J connectivity index is 2.74. The van der Waals surface area contributed by atoms with Crippen LogP contribution in [0.3, 0.4) is 0 Å². The highest BCUT2D eigenvalue weighted by Gasteiger charge is 2.16. The van der Waals surface area contributed by atoms with Crippen LogP contribution in [0.2, 0.25) is 0 Å². The van der Waals surface area contributed by atoms with Crippen molar-refractivity contribution in [3.8, 4) is 0 Å². The van der Waals surface area contributed by atoms with Crippen molar-refractivity contribution in [2.45, 2.75) is 53.0 Å². The molecule has 1 aromatic rings. The van der Waals surface area contributed by atoms with Crippen LogP contribution >= 0.6 is 0 Å². The van der Waals surface area contributed by atoms with Crippen molar-refractivity contribution in [2.24, 2.45) is 11.7 Å². The van der Waals surface area contributed by atoms with E-state index in [2.05, 4.69) is 19.2 Å². The molecule has 19 heavy (non-hydrogen) atoms. The predicted molar refractivity (Wildman–Crippen MR) is 81.0 cm³/mol. The molecule has 0 aliphatic carbocycles. The zero-order valence-electron chi connectivity index (χ0n) is 12.3. The quantitative estimate of drug-likeness (QED) is 0.788. The van der Waals surface area contributed by atoms with Gasteiger partial charge in [-0.15, -0.1) is 0 Å². The van der Waals surface area contributed by atoms with Crippen LogP contribution in [0.4, 0.5) is 5.69 Å². The van der Waals surface area contributed by atoms with Crippen molar-refractivity contribution >= 4 is 11.6 Å². The molecule has 1 atom stereocenters. The molecule has 1 unspecified atom stereocenters. The summed E-state index contributed by atoms with van der Waals surface area (Å²) in [7, 11) is 0. The molecule has 0 spiro atoms. The van der Waals surface area contributed by atoms with Crippen molar-refractivity contribution < 1.29 is 4.79 Å². The van der Waals surface area contributed by atoms with Gasteiger partial charge in [-0.05, 0) is 37.0 Å². The summed E-state index contributed by atoms with van der Waals surface area (Å²) in [5.41, 5.74) is 8.65. The molecule has 0 bridgehead atoms. The van der Waals surface area contributed by atoms with E-state index >= 15 is 0 Å². The number of nitrogens with two attached hydrogens (primary N) is 1. The van der Waals surface area contributed by atoms with Crippen LogP contribution in [-0.2, 0) is 11.3 Å². The van der Waals surface area contributed by atoms with Crippen LogP contribution < -0.4 is 11.1 Å². The summed E-state index contributed by atoms with van der Waals surface area (Å²) >= 11 is 0. The number of rotatable bonds is 7. The number of hydrogen-bond donors (Lipinski definition) is 2. The van der Waals surface area contributed by atoms with E-state index in [9.17, 15) is 4.79 Å². The second-order valence-corrected chi connectivity index (χ2v) is 5.09. The molecule has 0 fully saturated rings. The zero-order valence-corrected chi connectivity index (χ0v) is 12.3. The number of amides is 1. The van der Waals surface area contributed by atoms with Crippen molar-refractivity contribution in [3.05, 3.63) is 29.3 Å². The van der Waals surface area contributed by atoms with Gasteiger partial charge >= 0.3 is 0 Å². The molecule has 3 nitrogen and oxygen atoms in total. The van der Waals surface area contributed by atoms with Gasteiger partial charge in [0, 0.05) is 18.2 Å². The van der Waals surface area contributed by atoms with Gasteiger partial charge in [0.15, 0.2) is 0 Å². The third-order valence-corrected chi connectivity index (χ3v) is 3.57. The first-order valence-electron chi connectivity index (χ1n) is 7.22. The molecule has 0 aliphatic heterocycles. The number of benzene rings is 1. The lowest BCUT2D eigenvalue weighted by Crippen LogP contribution is -2.22. The van der Waals surface area contributed by atoms with Gasteiger partial charge in [0.1, 0.15) is 0 Å². The van der Waals surface area contributed by atoms with E-state index in [0.29, 0.717) is 6.54 Å². The molecule has 0 heterocycles. The maximum Gasteiger partial charge on any atom is 0.227 e. The Hall–Kier alpha value is -1.35. The van der Waals surface area contributed by atoms with Crippen LogP contribution in [-0.4, -0.2) is 5.91 Å². The van der Waals surface area contributed by atoms with Gasteiger partial charge in [-0.1, -0.05) is 38.8 Å². The minimum atomic E-state index is 0.112. The van der Waals surface area contributed by atoms with Gasteiger partial charge in [-0.3, -0.25) is 4.79 Å². The standard InChI is InChI=1S/C16H26N2O/c1-4-6-7-14(5-2)16(19)18-15-10-13(11-17)9-8-12(15)3/h8-10,14H,4-7,11,17H2,1-3H3,(H,18,19). The van der Waals surface area contributed by atoms with Crippen molar-refractivity contribution in [1.29, 1.82) is 0 Å². The van der Waals surface area contributed by atoms with Crippen LogP contribution in [0.15, 0.2) is 18.2 Å². The average molecular weight is 262 g/mol. The van der Waals surface area contributed by atoms with Gasteiger partial charge in [0.2, 0.25) is 5.91 Å². The first-order chi connectivity index (χ1) is 9.12. The molecule has 3 N–H and O–H groups in total. The Morgan fingerprint density at radius 1 is 1.37 bits per heavy atom. The fourth-order valence-corrected chi connectivity index (χ4v) is 2.14. The summed E-state index contributed by atoms with van der Waals surface area (Å²) in [6.07, 6.45) is 4.09. The van der Waals surface area contributed by atoms with E-state index in [1.165, 1.54) is 0 Å². The number of nitrogens with one attached hydrogen (secondary N) is 1. The molecular weight excluding hydrogens is 236 g/mol. The second-order valence-electron chi connectivity index (χ2n) is 5.09. The number of carbonyl (C=O) groups is 1. The number of anilines is 1. The second kappa shape index (κ2) is 7.95. The lowest BCUT2D eigenvalue weighted by molar-refractivity contribution is -0.120. The summed E-state index contributed by atoms with van der Waals surface area (Å²) in [4.78, 5) is 12.3. The van der Waals surface area contributed by atoms with E-state index in [4.69, 9.17) is 5.73 Å². The minimum absolute atomic E-state index is 0.112. The van der Waals surface area contributed by atoms with Crippen LogP contribution in [0, 0.1) is 12.8 Å². The van der Waals surface area contributed by atoms with E-state index in [-0.39, 0.29) is 11.8 Å². The average Bonchev–Trinajstić information content (AvgIpc) is 2.42. The molecule has 0 aromatic heterocycles. The number of aryl methyl sites for hydroxylation is 1. The minimum Gasteiger partial charge on any atom is -0.326 e. The Morgan fingerprint density at radius 2 is 2.11 bits per heavy atom. The predicted octanol–water partition coefficient (Wildman–Crippen LogP) is 3.61. The topological polar surface area (TPSA) is 55.1 Å². The summed E-state index contributed by atoms with van der Waals surface area (Å²) in [5.74, 6) is 0.245. The first kappa shape index (κ1) is 15.7. The van der Waals surface area contributed by atoms with E-state index in [0.717, 1.165) is 42.5 Å². The van der Waals surface area contributed by atoms with Gasteiger partial charge in [0.25, 0.3) is 0 Å². The highest BCUT2D eigenvalue weighted by molar-refractivity contribution is 5.93. The smallest absolute Gasteiger partial charge is 0.227 e. The molecule has 0 aliphatic rings. The van der Waals surface area contributed by atoms with Gasteiger partial charge in [-0.25, -0.2) is 0 Å². The summed E-state index contributed by atoms with van der Waals surface area (Å²) in [5, 5.41) is 3.05. The van der Waals surface area contributed by atoms with E-state index < -0.39 is 0 Å². The Labute approximate surface area is 116 Å². The number of carbonyl (C=O) groups excluding carboxylic acids is 1. The molecular formula is C16H26N2O. The Bertz CT molecular complexity index is 415. The molecule has 1 aromatic carbocycles. The van der Waals surface area contributed by atoms with Crippen molar-refractivity contribution in [3.63, 3.8) is 0 Å². The van der Waals surface area contributed by atoms with E-state index in [1.54, 1.807) is 0 Å². The molecule has 3 heteroatoms. The molecule has 1 amide bonds.